The third-order valence-corrected chi connectivity index (χ3v) is 6.34. The van der Waals surface area contributed by atoms with Crippen LogP contribution in [0.3, 0.4) is 0 Å². The first kappa shape index (κ1) is 16.3. The molecule has 1 aliphatic carbocycles. The lowest BCUT2D eigenvalue weighted by molar-refractivity contribution is -0.130. The zero-order chi connectivity index (χ0) is 17.7. The van der Waals surface area contributed by atoms with Gasteiger partial charge >= 0.3 is 0 Å². The number of aromatic nitrogens is 2. The minimum Gasteiger partial charge on any atom is -0.447 e. The van der Waals surface area contributed by atoms with Crippen LogP contribution >= 0.6 is 11.3 Å². The Morgan fingerprint density at radius 3 is 2.92 bits per heavy atom. The van der Waals surface area contributed by atoms with Crippen molar-refractivity contribution >= 4 is 23.2 Å². The van der Waals surface area contributed by atoms with Crippen molar-refractivity contribution in [1.82, 2.24) is 20.2 Å². The van der Waals surface area contributed by atoms with Gasteiger partial charge in [-0.2, -0.15) is 0 Å². The van der Waals surface area contributed by atoms with E-state index >= 15 is 0 Å². The first-order valence-corrected chi connectivity index (χ1v) is 9.19. The summed E-state index contributed by atoms with van der Waals surface area (Å²) < 4.78 is 5.52. The molecule has 2 aliphatic heterocycles. The van der Waals surface area contributed by atoms with Crippen LogP contribution in [-0.2, 0) is 11.2 Å². The van der Waals surface area contributed by atoms with Gasteiger partial charge in [-0.05, 0) is 26.2 Å². The Labute approximate surface area is 149 Å². The van der Waals surface area contributed by atoms with Crippen LogP contribution in [0.25, 0.3) is 0 Å². The summed E-state index contributed by atoms with van der Waals surface area (Å²) in [6.45, 7) is 4.63. The zero-order valence-corrected chi connectivity index (χ0v) is 15.2. The standard InChI is InChI=1S/C17H20N4O3S/c1-8-12(25-9(2)20-8)5-13(22)21-6-10-4-11(21)14(10)16-15(17(23)18-3)19-7-24-16/h7,10-11,14H,4-6H2,1-3H3,(H,18,23). The summed E-state index contributed by atoms with van der Waals surface area (Å²) in [6, 6.07) is 0.100. The second-order valence-electron chi connectivity index (χ2n) is 6.70. The number of hydrogen-bond donors (Lipinski definition) is 1. The van der Waals surface area contributed by atoms with Crippen molar-refractivity contribution in [2.24, 2.45) is 5.92 Å². The molecular weight excluding hydrogens is 340 g/mol. The van der Waals surface area contributed by atoms with E-state index in [0.29, 0.717) is 23.8 Å². The number of thiazole rings is 1. The highest BCUT2D eigenvalue weighted by molar-refractivity contribution is 7.11. The number of carbonyl (C=O) groups excluding carboxylic acids is 2. The smallest absolute Gasteiger partial charge is 0.273 e. The number of amides is 2. The minimum absolute atomic E-state index is 0.0723. The Hall–Kier alpha value is -2.22. The van der Waals surface area contributed by atoms with Crippen molar-refractivity contribution in [3.63, 3.8) is 0 Å². The Balaban J connectivity index is 1.51. The minimum atomic E-state index is -0.247. The molecule has 2 aromatic heterocycles. The third kappa shape index (κ3) is 2.55. The Bertz CT molecular complexity index is 843. The highest BCUT2D eigenvalue weighted by atomic mass is 32.1. The van der Waals surface area contributed by atoms with Crippen molar-refractivity contribution in [2.45, 2.75) is 38.6 Å². The van der Waals surface area contributed by atoms with E-state index in [4.69, 9.17) is 4.42 Å². The van der Waals surface area contributed by atoms with Gasteiger partial charge in [-0.3, -0.25) is 9.59 Å². The quantitative estimate of drug-likeness (QED) is 0.896. The molecule has 3 aliphatic rings. The van der Waals surface area contributed by atoms with Crippen LogP contribution in [0.5, 0.6) is 0 Å². The number of carbonyl (C=O) groups is 2. The summed E-state index contributed by atoms with van der Waals surface area (Å²) in [7, 11) is 1.57. The largest absolute Gasteiger partial charge is 0.447 e. The van der Waals surface area contributed by atoms with Crippen LogP contribution in [-0.4, -0.2) is 46.3 Å². The van der Waals surface area contributed by atoms with Gasteiger partial charge in [-0.25, -0.2) is 9.97 Å². The molecule has 1 saturated carbocycles. The number of aryl methyl sites for hydroxylation is 2. The van der Waals surface area contributed by atoms with Crippen molar-refractivity contribution in [2.75, 3.05) is 13.6 Å². The highest BCUT2D eigenvalue weighted by Crippen LogP contribution is 2.53. The van der Waals surface area contributed by atoms with Gasteiger partial charge in [0.15, 0.2) is 12.1 Å². The molecule has 3 fully saturated rings. The molecule has 2 amide bonds. The fraction of sp³-hybridized carbons (Fsp3) is 0.529. The SMILES string of the molecule is CNC(=O)c1ncoc1C1C2CC1N(C(=O)Cc1sc(C)nc1C)C2. The van der Waals surface area contributed by atoms with Crippen LogP contribution in [0.4, 0.5) is 0 Å². The van der Waals surface area contributed by atoms with Gasteiger partial charge in [0.25, 0.3) is 5.91 Å². The van der Waals surface area contributed by atoms with Gasteiger partial charge in [-0.1, -0.05) is 0 Å². The summed E-state index contributed by atoms with van der Waals surface area (Å²) in [5.41, 5.74) is 1.28. The molecule has 25 heavy (non-hydrogen) atoms. The van der Waals surface area contributed by atoms with Crippen molar-refractivity contribution in [3.05, 3.63) is 33.4 Å². The van der Waals surface area contributed by atoms with E-state index in [1.165, 1.54) is 6.39 Å². The van der Waals surface area contributed by atoms with Crippen LogP contribution in [0.1, 0.15) is 44.2 Å². The molecule has 7 nitrogen and oxygen atoms in total. The van der Waals surface area contributed by atoms with Crippen LogP contribution in [0, 0.1) is 19.8 Å². The molecule has 0 radical (unpaired) electrons. The average Bonchev–Trinajstić information content (AvgIpc) is 3.30. The van der Waals surface area contributed by atoms with Crippen LogP contribution in [0.15, 0.2) is 10.8 Å². The summed E-state index contributed by atoms with van der Waals surface area (Å²) in [5.74, 6) is 0.907. The predicted molar refractivity (Wildman–Crippen MR) is 91.5 cm³/mol. The molecule has 2 saturated heterocycles. The third-order valence-electron chi connectivity index (χ3n) is 5.27. The van der Waals surface area contributed by atoms with Gasteiger partial charge in [-0.15, -0.1) is 11.3 Å². The molecule has 1 N–H and O–H groups in total. The maximum absolute atomic E-state index is 12.8. The van der Waals surface area contributed by atoms with Gasteiger partial charge in [0.2, 0.25) is 5.91 Å². The fourth-order valence-electron chi connectivity index (χ4n) is 4.05. The number of fused-ring (bicyclic) bond motifs is 1. The molecule has 0 spiro atoms. The summed E-state index contributed by atoms with van der Waals surface area (Å²) in [4.78, 5) is 36.2. The van der Waals surface area contributed by atoms with Gasteiger partial charge in [0.1, 0.15) is 5.76 Å². The van der Waals surface area contributed by atoms with Crippen molar-refractivity contribution in [1.29, 1.82) is 0 Å². The number of oxazole rings is 1. The number of nitrogens with one attached hydrogen (secondary N) is 1. The molecule has 4 heterocycles. The van der Waals surface area contributed by atoms with Gasteiger partial charge in [0, 0.05) is 30.4 Å². The van der Waals surface area contributed by atoms with Gasteiger partial charge in [0.05, 0.1) is 17.1 Å². The second kappa shape index (κ2) is 5.94. The molecular formula is C17H20N4O3S. The van der Waals surface area contributed by atoms with E-state index in [1.54, 1.807) is 18.4 Å². The lowest BCUT2D eigenvalue weighted by Gasteiger charge is -2.35. The van der Waals surface area contributed by atoms with E-state index in [0.717, 1.165) is 28.5 Å². The predicted octanol–water partition coefficient (Wildman–Crippen LogP) is 1.66. The van der Waals surface area contributed by atoms with Crippen molar-refractivity contribution < 1.29 is 14.0 Å². The lowest BCUT2D eigenvalue weighted by atomic mass is 9.72. The Morgan fingerprint density at radius 2 is 2.24 bits per heavy atom. The fourth-order valence-corrected chi connectivity index (χ4v) is 4.98. The molecule has 132 valence electrons. The van der Waals surface area contributed by atoms with Crippen LogP contribution < -0.4 is 5.32 Å². The first-order chi connectivity index (χ1) is 12.0. The van der Waals surface area contributed by atoms with Crippen LogP contribution in [0.2, 0.25) is 0 Å². The highest BCUT2D eigenvalue weighted by Gasteiger charge is 2.56. The number of hydrogen-bond acceptors (Lipinski definition) is 6. The Kier molecular flexibility index (Phi) is 3.87. The molecule has 3 atom stereocenters. The Morgan fingerprint density at radius 1 is 1.44 bits per heavy atom. The maximum Gasteiger partial charge on any atom is 0.273 e. The van der Waals surface area contributed by atoms with E-state index in [-0.39, 0.29) is 23.8 Å². The van der Waals surface area contributed by atoms with E-state index < -0.39 is 0 Å². The molecule has 0 aromatic carbocycles. The normalized spacial score (nSPS) is 24.3. The molecule has 2 aromatic rings. The topological polar surface area (TPSA) is 88.3 Å². The van der Waals surface area contributed by atoms with E-state index in [9.17, 15) is 9.59 Å². The zero-order valence-electron chi connectivity index (χ0n) is 14.4. The molecule has 2 bridgehead atoms. The van der Waals surface area contributed by atoms with Crippen molar-refractivity contribution in [3.8, 4) is 0 Å². The van der Waals surface area contributed by atoms with E-state index in [2.05, 4.69) is 15.3 Å². The summed E-state index contributed by atoms with van der Waals surface area (Å²) in [6.07, 6.45) is 2.67. The number of nitrogens with zero attached hydrogens (tertiary/aromatic N) is 3. The van der Waals surface area contributed by atoms with Gasteiger partial charge < -0.3 is 14.6 Å². The molecule has 3 unspecified atom stereocenters. The molecule has 8 heteroatoms. The lowest BCUT2D eigenvalue weighted by Crippen LogP contribution is -2.41. The first-order valence-electron chi connectivity index (χ1n) is 8.37. The van der Waals surface area contributed by atoms with E-state index in [1.807, 2.05) is 18.7 Å². The summed E-state index contributed by atoms with van der Waals surface area (Å²) >= 11 is 1.58. The second-order valence-corrected chi connectivity index (χ2v) is 7.99. The average molecular weight is 360 g/mol. The summed E-state index contributed by atoms with van der Waals surface area (Å²) in [5, 5.41) is 3.58. The number of rotatable bonds is 4. The molecule has 5 rings (SSSR count). The maximum atomic E-state index is 12.8. The monoisotopic (exact) mass is 360 g/mol.